The van der Waals surface area contributed by atoms with Crippen LogP contribution in [0.25, 0.3) is 0 Å². The van der Waals surface area contributed by atoms with Gasteiger partial charge in [-0.25, -0.2) is 0 Å². The van der Waals surface area contributed by atoms with E-state index in [4.69, 9.17) is 0 Å². The quantitative estimate of drug-likeness (QED) is 0.0909. The zero-order chi connectivity index (χ0) is 42.7. The van der Waals surface area contributed by atoms with E-state index in [0.717, 1.165) is 23.3 Å². The number of benzene rings is 6. The van der Waals surface area contributed by atoms with Crippen molar-refractivity contribution in [3.8, 4) is 0 Å². The van der Waals surface area contributed by atoms with Gasteiger partial charge >= 0.3 is 359 Å². The van der Waals surface area contributed by atoms with Crippen LogP contribution in [0, 0.1) is 37.1 Å². The Morgan fingerprint density at radius 2 is 0.885 bits per heavy atom. The van der Waals surface area contributed by atoms with Gasteiger partial charge in [-0.3, -0.25) is 0 Å². The molecule has 6 aromatic rings. The third-order valence-corrected chi connectivity index (χ3v) is 19.4. The fraction of sp³-hybridized carbons (Fsp3) is 0.115. The van der Waals surface area contributed by atoms with Gasteiger partial charge in [0.1, 0.15) is 0 Å². The molecule has 2 aliphatic rings. The first kappa shape index (κ1) is 41.4. The van der Waals surface area contributed by atoms with Crippen molar-refractivity contribution in [1.82, 2.24) is 0 Å². The normalized spacial score (nSPS) is 13.3. The van der Waals surface area contributed by atoms with E-state index >= 15 is 17.6 Å². The second-order valence-electron chi connectivity index (χ2n) is 15.4. The molecule has 2 aliphatic carbocycles. The zero-order valence-corrected chi connectivity index (χ0v) is 35.3. The molecule has 0 N–H and O–H groups in total. The topological polar surface area (TPSA) is 40.6 Å². The molecule has 0 saturated carbocycles. The van der Waals surface area contributed by atoms with Crippen LogP contribution in [0.4, 0.5) is 28.9 Å². The second-order valence-corrected chi connectivity index (χ2v) is 21.3. The number of hydrogen-bond acceptors (Lipinski definition) is 2. The van der Waals surface area contributed by atoms with Crippen molar-refractivity contribution in [3.63, 3.8) is 0 Å². The van der Waals surface area contributed by atoms with E-state index in [1.165, 1.54) is 21.9 Å². The number of carbonyl (C=O) groups is 2. The van der Waals surface area contributed by atoms with Gasteiger partial charge < -0.3 is 0 Å². The molecule has 0 spiro atoms. The average molecular weight is 851 g/mol. The number of anilines is 2. The summed E-state index contributed by atoms with van der Waals surface area (Å²) in [6.07, 6.45) is 10.9. The predicted octanol–water partition coefficient (Wildman–Crippen LogP) is 11.3. The maximum absolute atomic E-state index is 18.3. The van der Waals surface area contributed by atoms with E-state index < -0.39 is 59.4 Å². The van der Waals surface area contributed by atoms with E-state index in [0.29, 0.717) is 18.9 Å². The van der Waals surface area contributed by atoms with Gasteiger partial charge in [-0.15, -0.1) is 0 Å². The Labute approximate surface area is 356 Å². The van der Waals surface area contributed by atoms with E-state index in [1.807, 2.05) is 74.5 Å². The Hall–Kier alpha value is -6.35. The molecule has 0 aliphatic heterocycles. The number of aryl methyl sites for hydroxylation is 2. The summed E-state index contributed by atoms with van der Waals surface area (Å²) in [4.78, 5) is 31.4. The molecule has 2 amide bonds. The fourth-order valence-electron chi connectivity index (χ4n) is 8.37. The molecule has 0 aromatic heterocycles. The van der Waals surface area contributed by atoms with Crippen molar-refractivity contribution in [3.05, 3.63) is 234 Å². The molecule has 0 fully saturated rings. The summed E-state index contributed by atoms with van der Waals surface area (Å²) in [6.45, 7) is 3.72. The number of halogens is 4. The van der Waals surface area contributed by atoms with Crippen LogP contribution in [0.1, 0.15) is 55.8 Å². The Morgan fingerprint density at radius 1 is 0.508 bits per heavy atom. The minimum absolute atomic E-state index is 0.0712. The summed E-state index contributed by atoms with van der Waals surface area (Å²) < 4.78 is 71.3. The van der Waals surface area contributed by atoms with Gasteiger partial charge in [0.2, 0.25) is 0 Å². The first-order chi connectivity index (χ1) is 29.6. The molecule has 0 atom stereocenters. The number of hydrogen-bond donors (Lipinski definition) is 0. The third-order valence-electron chi connectivity index (χ3n) is 11.4. The van der Waals surface area contributed by atoms with E-state index in [9.17, 15) is 9.59 Å². The van der Waals surface area contributed by atoms with Crippen molar-refractivity contribution >= 4 is 30.9 Å². The molecule has 4 nitrogen and oxygen atoms in total. The van der Waals surface area contributed by atoms with Crippen LogP contribution in [-0.2, 0) is 29.7 Å². The van der Waals surface area contributed by atoms with Crippen molar-refractivity contribution in [2.24, 2.45) is 0 Å². The Morgan fingerprint density at radius 3 is 1.23 bits per heavy atom. The summed E-state index contributed by atoms with van der Waals surface area (Å²) in [7, 11) is 0. The number of carbonyl (C=O) groups excluding carboxylic acids is 2. The molecule has 6 aromatic carbocycles. The Bertz CT molecular complexity index is 2560. The molecule has 8 rings (SSSR count). The monoisotopic (exact) mass is 850 g/mol. The Kier molecular flexibility index (Phi) is 12.0. The van der Waals surface area contributed by atoms with E-state index in [1.54, 1.807) is 85.0 Å². The molecule has 0 saturated heterocycles. The molecule has 0 bridgehead atoms. The first-order valence-corrected chi connectivity index (χ1v) is 23.2. The van der Waals surface area contributed by atoms with E-state index in [2.05, 4.69) is 0 Å². The molecule has 0 unspecified atom stereocenters. The summed E-state index contributed by atoms with van der Waals surface area (Å²) in [5.41, 5.74) is 3.47. The molecule has 0 heterocycles. The zero-order valence-electron chi connectivity index (χ0n) is 33.7. The summed E-state index contributed by atoms with van der Waals surface area (Å²) >= 11 is -5.46. The predicted molar refractivity (Wildman–Crippen MR) is 232 cm³/mol. The van der Waals surface area contributed by atoms with Gasteiger partial charge in [0.15, 0.2) is 0 Å². The molecular weight excluding hydrogens is 808 g/mol. The average Bonchev–Trinajstić information content (AvgIpc) is 4.03. The molecular formula is C52H42F4N2O2Ti. The maximum atomic E-state index is 18.3. The molecule has 304 valence electrons. The van der Waals surface area contributed by atoms with Gasteiger partial charge in [-0.2, -0.15) is 0 Å². The van der Waals surface area contributed by atoms with Gasteiger partial charge in [-0.05, 0) is 0 Å². The van der Waals surface area contributed by atoms with Crippen molar-refractivity contribution in [1.29, 1.82) is 0 Å². The van der Waals surface area contributed by atoms with Crippen LogP contribution in [-0.4, -0.2) is 11.8 Å². The first-order valence-electron chi connectivity index (χ1n) is 20.1. The van der Waals surface area contributed by atoms with Crippen LogP contribution in [0.3, 0.4) is 0 Å². The summed E-state index contributed by atoms with van der Waals surface area (Å²) in [5, 5.41) is 0. The van der Waals surface area contributed by atoms with Crippen molar-refractivity contribution in [2.45, 2.75) is 39.8 Å². The summed E-state index contributed by atoms with van der Waals surface area (Å²) in [5.74, 6) is -5.18. The number of rotatable bonds is 12. The van der Waals surface area contributed by atoms with Crippen LogP contribution >= 0.6 is 0 Å². The van der Waals surface area contributed by atoms with Gasteiger partial charge in [0.05, 0.1) is 0 Å². The standard InChI is InChI=1S/2C21H16F2NO.2C5H5.Ti/c2*1-15-7-9-16(10-8-15)14-24(20-12-11-18(22)13-19(20)23)21(25)17-5-3-2-4-6-17;2*1-2-4-5-3-1;/h2*2-12H,14H2,1H3;2*1-3H,4H2;. The van der Waals surface area contributed by atoms with Gasteiger partial charge in [-0.1, -0.05) is 0 Å². The van der Waals surface area contributed by atoms with Gasteiger partial charge in [0, 0.05) is 0 Å². The number of nitrogens with zero attached hydrogens (tertiary/aromatic N) is 2. The SMILES string of the molecule is Cc1ccc(CN(C(=O)c2ccccc2)c2ccc(F)[c]([Ti]([C]3=CC=CC3)([C]3=CC=CC3)[c]3c(F)ccc(N(Cc4ccc(C)cc4)C(=O)c4ccccc4)c3F)c2F)cc1. The molecule has 61 heavy (non-hydrogen) atoms. The van der Waals surface area contributed by atoms with Crippen LogP contribution in [0.15, 0.2) is 178 Å². The summed E-state index contributed by atoms with van der Waals surface area (Å²) in [6, 6.07) is 36.3. The van der Waals surface area contributed by atoms with Crippen LogP contribution in [0.2, 0.25) is 0 Å². The van der Waals surface area contributed by atoms with Crippen molar-refractivity contribution < 1.29 is 43.7 Å². The second kappa shape index (κ2) is 17.7. The van der Waals surface area contributed by atoms with E-state index in [-0.39, 0.29) is 48.4 Å². The molecule has 0 radical (unpaired) electrons. The fourth-order valence-corrected chi connectivity index (χ4v) is 16.6. The Balaban J connectivity index is 1.39. The third kappa shape index (κ3) is 8.01. The number of amides is 2. The number of allylic oxidation sites excluding steroid dienone is 8. The molecule has 9 heteroatoms. The minimum atomic E-state index is -5.46. The van der Waals surface area contributed by atoms with Crippen LogP contribution in [0.5, 0.6) is 0 Å². The van der Waals surface area contributed by atoms with Gasteiger partial charge in [0.25, 0.3) is 0 Å². The van der Waals surface area contributed by atoms with Crippen LogP contribution < -0.4 is 17.5 Å². The van der Waals surface area contributed by atoms with Crippen molar-refractivity contribution in [2.75, 3.05) is 9.80 Å².